The van der Waals surface area contributed by atoms with E-state index in [0.29, 0.717) is 5.75 Å². The van der Waals surface area contributed by atoms with E-state index < -0.39 is 29.6 Å². The van der Waals surface area contributed by atoms with Gasteiger partial charge >= 0.3 is 0 Å². The summed E-state index contributed by atoms with van der Waals surface area (Å²) in [5.74, 6) is -2.17. The quantitative estimate of drug-likeness (QED) is 0.622. The van der Waals surface area contributed by atoms with Crippen molar-refractivity contribution in [2.45, 2.75) is 13.0 Å². The first-order valence-corrected chi connectivity index (χ1v) is 7.89. The Morgan fingerprint density at radius 1 is 1.07 bits per heavy atom. The van der Waals surface area contributed by atoms with Gasteiger partial charge in [-0.15, -0.1) is 0 Å². The van der Waals surface area contributed by atoms with Crippen LogP contribution < -0.4 is 26.1 Å². The number of hydrogen-bond acceptors (Lipinski definition) is 5. The summed E-state index contributed by atoms with van der Waals surface area (Å²) in [5.41, 5.74) is 9.63. The predicted octanol–water partition coefficient (Wildman–Crippen LogP) is 0.918. The molecule has 27 heavy (non-hydrogen) atoms. The molecule has 0 aliphatic rings. The maximum Gasteiger partial charge on any atom is 0.279 e. The first kappa shape index (κ1) is 19.7. The van der Waals surface area contributed by atoms with E-state index >= 15 is 0 Å². The molecule has 142 valence electrons. The van der Waals surface area contributed by atoms with E-state index in [0.717, 1.165) is 0 Å². The fraction of sp³-hybridized carbons (Fsp3) is 0.167. The molecule has 9 heteroatoms. The SMILES string of the molecule is CC(Oc1ccccc1F)C(=O)NNC(=O)c1ccc(OCC(N)=O)cc1. The highest BCUT2D eigenvalue weighted by Crippen LogP contribution is 2.17. The van der Waals surface area contributed by atoms with Gasteiger partial charge in [-0.3, -0.25) is 25.2 Å². The van der Waals surface area contributed by atoms with Gasteiger partial charge in [0.05, 0.1) is 0 Å². The number of carbonyl (C=O) groups excluding carboxylic acids is 3. The van der Waals surface area contributed by atoms with Gasteiger partial charge in [0.2, 0.25) is 0 Å². The average Bonchev–Trinajstić information content (AvgIpc) is 2.66. The van der Waals surface area contributed by atoms with Gasteiger partial charge in [-0.05, 0) is 43.3 Å². The Kier molecular flexibility index (Phi) is 6.70. The van der Waals surface area contributed by atoms with E-state index in [-0.39, 0.29) is 17.9 Å². The fourth-order valence-corrected chi connectivity index (χ4v) is 1.93. The number of hydrazine groups is 1. The highest BCUT2D eigenvalue weighted by atomic mass is 19.1. The van der Waals surface area contributed by atoms with Crippen molar-refractivity contribution < 1.29 is 28.2 Å². The van der Waals surface area contributed by atoms with Gasteiger partial charge in [-0.2, -0.15) is 0 Å². The lowest BCUT2D eigenvalue weighted by Gasteiger charge is -2.15. The molecule has 0 fully saturated rings. The first-order chi connectivity index (χ1) is 12.9. The molecular formula is C18H18FN3O5. The molecule has 0 aliphatic heterocycles. The standard InChI is InChI=1S/C18H18FN3O5/c1-11(27-15-5-3-2-4-14(15)19)17(24)21-22-18(25)12-6-8-13(9-7-12)26-10-16(20)23/h2-9,11H,10H2,1H3,(H2,20,23)(H,21,24)(H,22,25). The van der Waals surface area contributed by atoms with E-state index in [9.17, 15) is 18.8 Å². The van der Waals surface area contributed by atoms with Crippen LogP contribution in [0.15, 0.2) is 48.5 Å². The van der Waals surface area contributed by atoms with Crippen molar-refractivity contribution in [3.8, 4) is 11.5 Å². The van der Waals surface area contributed by atoms with Crippen LogP contribution in [0.5, 0.6) is 11.5 Å². The van der Waals surface area contributed by atoms with Crippen molar-refractivity contribution in [2.75, 3.05) is 6.61 Å². The molecule has 0 aromatic heterocycles. The van der Waals surface area contributed by atoms with Crippen LogP contribution in [0.1, 0.15) is 17.3 Å². The van der Waals surface area contributed by atoms with Gasteiger partial charge in [0, 0.05) is 5.56 Å². The lowest BCUT2D eigenvalue weighted by Crippen LogP contribution is -2.47. The van der Waals surface area contributed by atoms with E-state index in [1.807, 2.05) is 0 Å². The molecule has 0 heterocycles. The summed E-state index contributed by atoms with van der Waals surface area (Å²) >= 11 is 0. The second-order valence-electron chi connectivity index (χ2n) is 5.41. The number of nitrogens with one attached hydrogen (secondary N) is 2. The summed E-state index contributed by atoms with van der Waals surface area (Å²) in [7, 11) is 0. The van der Waals surface area contributed by atoms with Gasteiger partial charge < -0.3 is 15.2 Å². The van der Waals surface area contributed by atoms with E-state index in [2.05, 4.69) is 10.9 Å². The smallest absolute Gasteiger partial charge is 0.279 e. The van der Waals surface area contributed by atoms with Crippen molar-refractivity contribution in [2.24, 2.45) is 5.73 Å². The lowest BCUT2D eigenvalue weighted by atomic mass is 10.2. The Hall–Kier alpha value is -3.62. The number of ether oxygens (including phenoxy) is 2. The van der Waals surface area contributed by atoms with Crippen LogP contribution in [0.4, 0.5) is 4.39 Å². The molecule has 0 aliphatic carbocycles. The summed E-state index contributed by atoms with van der Waals surface area (Å²) in [6, 6.07) is 11.5. The number of para-hydroxylation sites is 1. The van der Waals surface area contributed by atoms with Gasteiger partial charge in [0.1, 0.15) is 5.75 Å². The van der Waals surface area contributed by atoms with Crippen molar-refractivity contribution in [3.05, 3.63) is 59.9 Å². The number of benzene rings is 2. The van der Waals surface area contributed by atoms with Crippen molar-refractivity contribution in [1.29, 1.82) is 0 Å². The normalized spacial score (nSPS) is 11.2. The highest BCUT2D eigenvalue weighted by Gasteiger charge is 2.17. The number of rotatable bonds is 7. The summed E-state index contributed by atoms with van der Waals surface area (Å²) in [4.78, 5) is 34.6. The van der Waals surface area contributed by atoms with E-state index in [1.54, 1.807) is 6.07 Å². The van der Waals surface area contributed by atoms with Crippen LogP contribution in [0, 0.1) is 5.82 Å². The number of nitrogens with two attached hydrogens (primary N) is 1. The Balaban J connectivity index is 1.84. The number of hydrogen-bond donors (Lipinski definition) is 3. The predicted molar refractivity (Wildman–Crippen MR) is 93.2 cm³/mol. The molecular weight excluding hydrogens is 357 g/mol. The minimum Gasteiger partial charge on any atom is -0.484 e. The molecule has 8 nitrogen and oxygen atoms in total. The van der Waals surface area contributed by atoms with Crippen molar-refractivity contribution in [3.63, 3.8) is 0 Å². The zero-order valence-electron chi connectivity index (χ0n) is 14.4. The summed E-state index contributed by atoms with van der Waals surface area (Å²) in [5, 5.41) is 0. The first-order valence-electron chi connectivity index (χ1n) is 7.89. The van der Waals surface area contributed by atoms with Crippen LogP contribution in [0.2, 0.25) is 0 Å². The van der Waals surface area contributed by atoms with E-state index in [1.165, 1.54) is 49.4 Å². The van der Waals surface area contributed by atoms with Crippen LogP contribution in [-0.4, -0.2) is 30.4 Å². The van der Waals surface area contributed by atoms with Crippen molar-refractivity contribution in [1.82, 2.24) is 10.9 Å². The van der Waals surface area contributed by atoms with E-state index in [4.69, 9.17) is 15.2 Å². The largest absolute Gasteiger partial charge is 0.484 e. The second kappa shape index (κ2) is 9.18. The minimum absolute atomic E-state index is 0.0713. The van der Waals surface area contributed by atoms with Crippen LogP contribution in [-0.2, 0) is 9.59 Å². The molecule has 3 amide bonds. The Morgan fingerprint density at radius 2 is 1.74 bits per heavy atom. The molecule has 1 atom stereocenters. The Morgan fingerprint density at radius 3 is 2.37 bits per heavy atom. The molecule has 4 N–H and O–H groups in total. The average molecular weight is 375 g/mol. The third-order valence-corrected chi connectivity index (χ3v) is 3.31. The number of primary amides is 1. The molecule has 0 saturated heterocycles. The maximum absolute atomic E-state index is 13.5. The van der Waals surface area contributed by atoms with Crippen LogP contribution in [0.3, 0.4) is 0 Å². The van der Waals surface area contributed by atoms with Gasteiger partial charge in [0.25, 0.3) is 17.7 Å². The molecule has 0 spiro atoms. The second-order valence-corrected chi connectivity index (χ2v) is 5.41. The molecule has 0 bridgehead atoms. The zero-order valence-corrected chi connectivity index (χ0v) is 14.4. The van der Waals surface area contributed by atoms with Crippen LogP contribution in [0.25, 0.3) is 0 Å². The van der Waals surface area contributed by atoms with Crippen molar-refractivity contribution >= 4 is 17.7 Å². The minimum atomic E-state index is -1.04. The molecule has 0 saturated carbocycles. The molecule has 2 aromatic rings. The topological polar surface area (TPSA) is 120 Å². The third kappa shape index (κ3) is 5.99. The Labute approximate surface area is 154 Å². The lowest BCUT2D eigenvalue weighted by molar-refractivity contribution is -0.128. The molecule has 2 rings (SSSR count). The Bertz CT molecular complexity index is 826. The summed E-state index contributed by atoms with van der Waals surface area (Å²) in [6.45, 7) is 1.14. The number of halogens is 1. The molecule has 2 aromatic carbocycles. The summed E-state index contributed by atoms with van der Waals surface area (Å²) in [6.07, 6.45) is -1.04. The number of carbonyl (C=O) groups is 3. The van der Waals surface area contributed by atoms with Gasteiger partial charge in [0.15, 0.2) is 24.3 Å². The fourth-order valence-electron chi connectivity index (χ4n) is 1.93. The monoisotopic (exact) mass is 375 g/mol. The summed E-state index contributed by atoms with van der Waals surface area (Å²) < 4.78 is 23.8. The number of amides is 3. The highest BCUT2D eigenvalue weighted by molar-refractivity contribution is 5.95. The molecule has 1 unspecified atom stereocenters. The van der Waals surface area contributed by atoms with Crippen LogP contribution >= 0.6 is 0 Å². The van der Waals surface area contributed by atoms with Gasteiger partial charge in [-0.25, -0.2) is 4.39 Å². The molecule has 0 radical (unpaired) electrons. The maximum atomic E-state index is 13.5. The third-order valence-electron chi connectivity index (χ3n) is 3.31. The zero-order chi connectivity index (χ0) is 19.8. The van der Waals surface area contributed by atoms with Gasteiger partial charge in [-0.1, -0.05) is 12.1 Å².